The van der Waals surface area contributed by atoms with Crippen molar-refractivity contribution in [3.8, 4) is 0 Å². The van der Waals surface area contributed by atoms with Crippen molar-refractivity contribution in [1.29, 1.82) is 0 Å². The summed E-state index contributed by atoms with van der Waals surface area (Å²) in [5.74, 6) is 0.234. The number of nitrogens with two attached hydrogens (primary N) is 1. The molecule has 1 amide bonds. The summed E-state index contributed by atoms with van der Waals surface area (Å²) in [4.78, 5) is 11.9. The summed E-state index contributed by atoms with van der Waals surface area (Å²) >= 11 is 1.53. The number of rotatable bonds is 6. The van der Waals surface area contributed by atoms with Crippen LogP contribution in [0.5, 0.6) is 0 Å². The molecule has 5 nitrogen and oxygen atoms in total. The zero-order valence-electron chi connectivity index (χ0n) is 11.9. The number of nitrogens with one attached hydrogen (secondary N) is 1. The molecule has 1 atom stereocenters. The van der Waals surface area contributed by atoms with Crippen molar-refractivity contribution in [2.24, 2.45) is 5.73 Å². The van der Waals surface area contributed by atoms with Crippen molar-refractivity contribution in [3.05, 3.63) is 10.0 Å². The third kappa shape index (κ3) is 5.42. The van der Waals surface area contributed by atoms with E-state index in [-0.39, 0.29) is 18.3 Å². The van der Waals surface area contributed by atoms with Crippen LogP contribution in [-0.4, -0.2) is 21.6 Å². The summed E-state index contributed by atoms with van der Waals surface area (Å²) in [5.41, 5.74) is 5.14. The van der Waals surface area contributed by atoms with Crippen LogP contribution in [0, 0.1) is 0 Å². The van der Waals surface area contributed by atoms with Gasteiger partial charge in [-0.2, -0.15) is 0 Å². The molecule has 0 fully saturated rings. The number of amides is 1. The van der Waals surface area contributed by atoms with Crippen LogP contribution in [0.1, 0.15) is 56.5 Å². The van der Waals surface area contributed by atoms with Crippen LogP contribution in [0.4, 0.5) is 0 Å². The molecule has 0 saturated carbocycles. The number of carbonyl (C=O) groups is 1. The van der Waals surface area contributed by atoms with Gasteiger partial charge in [-0.15, -0.1) is 22.6 Å². The van der Waals surface area contributed by atoms with Gasteiger partial charge in [0.25, 0.3) is 0 Å². The topological polar surface area (TPSA) is 80.9 Å². The van der Waals surface area contributed by atoms with E-state index in [9.17, 15) is 4.79 Å². The molecule has 0 aromatic carbocycles. The Balaban J connectivity index is 0.00000324. The number of hydrogen-bond donors (Lipinski definition) is 2. The first-order valence-corrected chi connectivity index (χ1v) is 7.08. The highest BCUT2D eigenvalue weighted by molar-refractivity contribution is 7.11. The van der Waals surface area contributed by atoms with Gasteiger partial charge >= 0.3 is 0 Å². The fraction of sp³-hybridized carbons (Fsp3) is 0.750. The Morgan fingerprint density at radius 3 is 2.58 bits per heavy atom. The summed E-state index contributed by atoms with van der Waals surface area (Å²) in [7, 11) is 0. The third-order valence-electron chi connectivity index (χ3n) is 2.66. The lowest BCUT2D eigenvalue weighted by atomic mass is 9.97. The molecule has 0 saturated heterocycles. The van der Waals surface area contributed by atoms with Crippen LogP contribution in [0.25, 0.3) is 0 Å². The summed E-state index contributed by atoms with van der Waals surface area (Å²) in [5, 5.41) is 12.8. The Labute approximate surface area is 124 Å². The van der Waals surface area contributed by atoms with Gasteiger partial charge in [-0.1, -0.05) is 38.5 Å². The maximum absolute atomic E-state index is 11.9. The van der Waals surface area contributed by atoms with Crippen molar-refractivity contribution in [2.45, 2.75) is 58.5 Å². The average molecular weight is 307 g/mol. The molecule has 110 valence electrons. The second-order valence-corrected chi connectivity index (χ2v) is 6.13. The van der Waals surface area contributed by atoms with Crippen LogP contribution in [-0.2, 0) is 11.3 Å². The average Bonchev–Trinajstić information content (AvgIpc) is 2.74. The van der Waals surface area contributed by atoms with E-state index in [0.717, 1.165) is 16.4 Å². The molecule has 0 aliphatic rings. The molecule has 7 heteroatoms. The third-order valence-corrected chi connectivity index (χ3v) is 3.89. The predicted molar refractivity (Wildman–Crippen MR) is 80.6 cm³/mol. The molecule has 1 heterocycles. The quantitative estimate of drug-likeness (QED) is 0.844. The first-order valence-electron chi connectivity index (χ1n) is 6.26. The van der Waals surface area contributed by atoms with Crippen molar-refractivity contribution < 1.29 is 4.79 Å². The fourth-order valence-electron chi connectivity index (χ4n) is 1.56. The smallest absolute Gasteiger partial charge is 0.240 e. The number of carbonyl (C=O) groups excluding carboxylic acids is 1. The van der Waals surface area contributed by atoms with E-state index < -0.39 is 5.54 Å². The minimum Gasteiger partial charge on any atom is -0.348 e. The largest absolute Gasteiger partial charge is 0.348 e. The maximum atomic E-state index is 11.9. The molecule has 3 N–H and O–H groups in total. The van der Waals surface area contributed by atoms with Gasteiger partial charge in [-0.3, -0.25) is 4.79 Å². The van der Waals surface area contributed by atoms with Crippen molar-refractivity contribution >= 4 is 29.7 Å². The van der Waals surface area contributed by atoms with E-state index in [1.54, 1.807) is 6.92 Å². The normalized spacial score (nSPS) is 13.8. The molecule has 0 aliphatic heterocycles. The number of halogens is 1. The minimum absolute atomic E-state index is 0. The predicted octanol–water partition coefficient (Wildman–Crippen LogP) is 2.22. The molecule has 0 spiro atoms. The Bertz CT molecular complexity index is 406. The van der Waals surface area contributed by atoms with E-state index in [1.165, 1.54) is 11.3 Å². The van der Waals surface area contributed by atoms with E-state index in [0.29, 0.717) is 18.9 Å². The monoisotopic (exact) mass is 306 g/mol. The van der Waals surface area contributed by atoms with Gasteiger partial charge in [0.2, 0.25) is 5.91 Å². The van der Waals surface area contributed by atoms with E-state index >= 15 is 0 Å². The van der Waals surface area contributed by atoms with Crippen LogP contribution < -0.4 is 11.1 Å². The molecule has 0 aliphatic carbocycles. The Morgan fingerprint density at radius 2 is 2.11 bits per heavy atom. The first kappa shape index (κ1) is 18.3. The molecule has 19 heavy (non-hydrogen) atoms. The van der Waals surface area contributed by atoms with E-state index in [4.69, 9.17) is 5.73 Å². The highest BCUT2D eigenvalue weighted by Crippen LogP contribution is 2.18. The Hall–Kier alpha value is -0.720. The van der Waals surface area contributed by atoms with Crippen molar-refractivity contribution in [1.82, 2.24) is 15.5 Å². The Kier molecular flexibility index (Phi) is 7.47. The number of aromatic nitrogens is 2. The second kappa shape index (κ2) is 7.77. The van der Waals surface area contributed by atoms with Crippen LogP contribution in [0.15, 0.2) is 0 Å². The molecule has 1 aromatic rings. The molecule has 1 unspecified atom stereocenters. The fourth-order valence-corrected chi connectivity index (χ4v) is 2.35. The number of nitrogens with zero attached hydrogens (tertiary/aromatic N) is 2. The van der Waals surface area contributed by atoms with Gasteiger partial charge in [0.05, 0.1) is 12.1 Å². The highest BCUT2D eigenvalue weighted by Gasteiger charge is 2.26. The maximum Gasteiger partial charge on any atom is 0.240 e. The van der Waals surface area contributed by atoms with Crippen molar-refractivity contribution in [2.75, 3.05) is 0 Å². The molecule has 0 bridgehead atoms. The summed E-state index contributed by atoms with van der Waals surface area (Å²) < 4.78 is 0. The summed E-state index contributed by atoms with van der Waals surface area (Å²) in [6.07, 6.45) is 1.56. The lowest BCUT2D eigenvalue weighted by Gasteiger charge is -2.22. The SMILES string of the molecule is CCCC(C)(N)C(=O)NCc1nnc(C(C)C)s1.Cl. The van der Waals surface area contributed by atoms with Gasteiger partial charge in [0.15, 0.2) is 0 Å². The first-order chi connectivity index (χ1) is 8.36. The standard InChI is InChI=1S/C12H22N4OS.ClH/c1-5-6-12(4,13)11(17)14-7-9-15-16-10(18-9)8(2)3;/h8H,5-7,13H2,1-4H3,(H,14,17);1H. The lowest BCUT2D eigenvalue weighted by molar-refractivity contribution is -0.126. The highest BCUT2D eigenvalue weighted by atomic mass is 35.5. The zero-order chi connectivity index (χ0) is 13.8. The molecule has 0 radical (unpaired) electrons. The van der Waals surface area contributed by atoms with Gasteiger partial charge in [-0.05, 0) is 13.3 Å². The molecular weight excluding hydrogens is 284 g/mol. The van der Waals surface area contributed by atoms with Crippen LogP contribution in [0.2, 0.25) is 0 Å². The van der Waals surface area contributed by atoms with Gasteiger partial charge in [-0.25, -0.2) is 0 Å². The molecular formula is C12H23ClN4OS. The van der Waals surface area contributed by atoms with Crippen LogP contribution >= 0.6 is 23.7 Å². The summed E-state index contributed by atoms with van der Waals surface area (Å²) in [6, 6.07) is 0. The molecule has 1 rings (SSSR count). The lowest BCUT2D eigenvalue weighted by Crippen LogP contribution is -2.51. The zero-order valence-corrected chi connectivity index (χ0v) is 13.5. The van der Waals surface area contributed by atoms with Crippen molar-refractivity contribution in [3.63, 3.8) is 0 Å². The summed E-state index contributed by atoms with van der Waals surface area (Å²) in [6.45, 7) is 8.31. The van der Waals surface area contributed by atoms with E-state index in [1.807, 2.05) is 6.92 Å². The van der Waals surface area contributed by atoms with Gasteiger partial charge < -0.3 is 11.1 Å². The van der Waals surface area contributed by atoms with Gasteiger partial charge in [0, 0.05) is 5.92 Å². The van der Waals surface area contributed by atoms with Gasteiger partial charge in [0.1, 0.15) is 10.0 Å². The van der Waals surface area contributed by atoms with E-state index in [2.05, 4.69) is 29.4 Å². The van der Waals surface area contributed by atoms with Crippen LogP contribution in [0.3, 0.4) is 0 Å². The second-order valence-electron chi connectivity index (χ2n) is 5.04. The number of hydrogen-bond acceptors (Lipinski definition) is 5. The Morgan fingerprint density at radius 1 is 1.47 bits per heavy atom. The molecule has 1 aromatic heterocycles. The minimum atomic E-state index is -0.805.